The van der Waals surface area contributed by atoms with Crippen molar-refractivity contribution in [1.82, 2.24) is 4.90 Å². The van der Waals surface area contributed by atoms with E-state index < -0.39 is 0 Å². The van der Waals surface area contributed by atoms with Crippen LogP contribution in [0.25, 0.3) is 0 Å². The van der Waals surface area contributed by atoms with Gasteiger partial charge in [-0.2, -0.15) is 0 Å². The molecular formula is C18H27BN2O3. The van der Waals surface area contributed by atoms with Gasteiger partial charge in [-0.15, -0.1) is 0 Å². The van der Waals surface area contributed by atoms with Crippen molar-refractivity contribution < 1.29 is 14.1 Å². The van der Waals surface area contributed by atoms with Crippen LogP contribution in [0, 0.1) is 0 Å². The van der Waals surface area contributed by atoms with Crippen molar-refractivity contribution in [1.29, 1.82) is 0 Å². The third-order valence-corrected chi connectivity index (χ3v) is 5.28. The summed E-state index contributed by atoms with van der Waals surface area (Å²) in [4.78, 5) is 16.1. The Hall–Kier alpha value is -1.37. The molecule has 1 fully saturated rings. The predicted molar refractivity (Wildman–Crippen MR) is 96.8 cm³/mol. The normalized spacial score (nSPS) is 21.5. The molecule has 0 atom stereocenters. The van der Waals surface area contributed by atoms with E-state index in [9.17, 15) is 4.79 Å². The topological polar surface area (TPSA) is 42.0 Å². The number of benzene rings is 1. The first-order chi connectivity index (χ1) is 11.1. The van der Waals surface area contributed by atoms with Crippen LogP contribution in [0.5, 0.6) is 0 Å². The number of rotatable bonds is 3. The molecule has 0 saturated carbocycles. The Bertz CT molecular complexity index is 642. The van der Waals surface area contributed by atoms with Crippen LogP contribution in [-0.2, 0) is 20.5 Å². The van der Waals surface area contributed by atoms with Crippen molar-refractivity contribution in [3.05, 3.63) is 23.8 Å². The highest BCUT2D eigenvalue weighted by Gasteiger charge is 2.51. The molecule has 1 aromatic carbocycles. The predicted octanol–water partition coefficient (Wildman–Crippen LogP) is 1.44. The van der Waals surface area contributed by atoms with Gasteiger partial charge in [0.15, 0.2) is 0 Å². The number of amides is 1. The van der Waals surface area contributed by atoms with Crippen LogP contribution in [0.4, 0.5) is 5.69 Å². The van der Waals surface area contributed by atoms with Gasteiger partial charge in [-0.1, -0.05) is 12.1 Å². The molecule has 1 saturated heterocycles. The van der Waals surface area contributed by atoms with Crippen LogP contribution in [0.1, 0.15) is 33.3 Å². The van der Waals surface area contributed by atoms with Gasteiger partial charge in [0.05, 0.1) is 17.7 Å². The van der Waals surface area contributed by atoms with E-state index in [0.717, 1.165) is 24.1 Å². The van der Waals surface area contributed by atoms with E-state index in [1.807, 2.05) is 36.0 Å². The summed E-state index contributed by atoms with van der Waals surface area (Å²) in [6, 6.07) is 6.17. The highest BCUT2D eigenvalue weighted by Crippen LogP contribution is 2.37. The molecule has 3 rings (SSSR count). The number of anilines is 1. The van der Waals surface area contributed by atoms with Gasteiger partial charge in [0, 0.05) is 12.2 Å². The summed E-state index contributed by atoms with van der Waals surface area (Å²) in [6.45, 7) is 9.40. The Morgan fingerprint density at radius 2 is 1.83 bits per heavy atom. The molecule has 6 heteroatoms. The first-order valence-corrected chi connectivity index (χ1v) is 8.54. The van der Waals surface area contributed by atoms with Crippen LogP contribution >= 0.6 is 0 Å². The Morgan fingerprint density at radius 3 is 2.42 bits per heavy atom. The second kappa shape index (κ2) is 5.86. The second-order valence-corrected chi connectivity index (χ2v) is 8.01. The van der Waals surface area contributed by atoms with Gasteiger partial charge in [0.1, 0.15) is 0 Å². The number of hydrogen-bond donors (Lipinski definition) is 0. The van der Waals surface area contributed by atoms with Crippen LogP contribution in [0.2, 0.25) is 0 Å². The van der Waals surface area contributed by atoms with Crippen molar-refractivity contribution >= 4 is 24.2 Å². The first-order valence-electron chi connectivity index (χ1n) is 8.54. The summed E-state index contributed by atoms with van der Waals surface area (Å²) in [5, 5.41) is 0. The summed E-state index contributed by atoms with van der Waals surface area (Å²) in [5.74, 6) is 0.141. The molecule has 24 heavy (non-hydrogen) atoms. The van der Waals surface area contributed by atoms with E-state index in [1.54, 1.807) is 0 Å². The molecule has 0 spiro atoms. The number of fused-ring (bicyclic) bond motifs is 1. The van der Waals surface area contributed by atoms with Crippen LogP contribution in [-0.4, -0.2) is 56.3 Å². The van der Waals surface area contributed by atoms with Crippen molar-refractivity contribution in [2.75, 3.05) is 32.1 Å². The lowest BCUT2D eigenvalue weighted by molar-refractivity contribution is -0.119. The molecule has 5 nitrogen and oxygen atoms in total. The SMILES string of the molecule is CN(C)CC(=O)N1CCc2cc(B3OC(C)(C)C(C)(C)O3)ccc21. The molecule has 1 amide bonds. The largest absolute Gasteiger partial charge is 0.494 e. The third-order valence-electron chi connectivity index (χ3n) is 5.28. The van der Waals surface area contributed by atoms with Crippen molar-refractivity contribution in [3.8, 4) is 0 Å². The van der Waals surface area contributed by atoms with E-state index >= 15 is 0 Å². The quantitative estimate of drug-likeness (QED) is 0.787. The van der Waals surface area contributed by atoms with Crippen molar-refractivity contribution in [2.45, 2.75) is 45.3 Å². The maximum absolute atomic E-state index is 12.4. The number of carbonyl (C=O) groups excluding carboxylic acids is 1. The molecule has 0 radical (unpaired) electrons. The molecule has 0 bridgehead atoms. The standard InChI is InChI=1S/C18H27BN2O3/c1-17(2)18(3,4)24-19(23-17)14-7-8-15-13(11-14)9-10-21(15)16(22)12-20(5)6/h7-8,11H,9-10,12H2,1-6H3. The molecule has 0 aromatic heterocycles. The van der Waals surface area contributed by atoms with Gasteiger partial charge in [-0.05, 0) is 65.3 Å². The molecule has 2 heterocycles. The fourth-order valence-electron chi connectivity index (χ4n) is 3.16. The van der Waals surface area contributed by atoms with Crippen LogP contribution in [0.15, 0.2) is 18.2 Å². The zero-order valence-electron chi connectivity index (χ0n) is 15.5. The Labute approximate surface area is 145 Å². The van der Waals surface area contributed by atoms with Gasteiger partial charge >= 0.3 is 7.12 Å². The van der Waals surface area contributed by atoms with Gasteiger partial charge in [-0.25, -0.2) is 0 Å². The van der Waals surface area contributed by atoms with E-state index in [4.69, 9.17) is 9.31 Å². The zero-order chi connectivity index (χ0) is 17.7. The lowest BCUT2D eigenvalue weighted by atomic mass is 9.78. The van der Waals surface area contributed by atoms with Crippen molar-refractivity contribution in [2.24, 2.45) is 0 Å². The van der Waals surface area contributed by atoms with Gasteiger partial charge in [0.2, 0.25) is 5.91 Å². The minimum atomic E-state index is -0.355. The Kier molecular flexibility index (Phi) is 4.27. The maximum Gasteiger partial charge on any atom is 0.494 e. The second-order valence-electron chi connectivity index (χ2n) is 8.01. The van der Waals surface area contributed by atoms with E-state index in [-0.39, 0.29) is 24.2 Å². The zero-order valence-corrected chi connectivity index (χ0v) is 15.5. The summed E-state index contributed by atoms with van der Waals surface area (Å²) >= 11 is 0. The average molecular weight is 330 g/mol. The third kappa shape index (κ3) is 2.98. The monoisotopic (exact) mass is 330 g/mol. The molecule has 0 aliphatic carbocycles. The Morgan fingerprint density at radius 1 is 1.21 bits per heavy atom. The molecular weight excluding hydrogens is 303 g/mol. The number of nitrogens with zero attached hydrogens (tertiary/aromatic N) is 2. The average Bonchev–Trinajstić information content (AvgIpc) is 2.96. The summed E-state index contributed by atoms with van der Waals surface area (Å²) in [6.07, 6.45) is 0.877. The van der Waals surface area contributed by atoms with Crippen LogP contribution in [0.3, 0.4) is 0 Å². The van der Waals surface area contributed by atoms with Crippen LogP contribution < -0.4 is 10.4 Å². The smallest absolute Gasteiger partial charge is 0.399 e. The van der Waals surface area contributed by atoms with Gasteiger partial charge in [-0.3, -0.25) is 4.79 Å². The molecule has 0 unspecified atom stereocenters. The lowest BCUT2D eigenvalue weighted by Gasteiger charge is -2.32. The van der Waals surface area contributed by atoms with E-state index in [1.165, 1.54) is 5.56 Å². The molecule has 1 aromatic rings. The molecule has 2 aliphatic heterocycles. The fraction of sp³-hybridized carbons (Fsp3) is 0.611. The summed E-state index contributed by atoms with van der Waals surface area (Å²) in [5.41, 5.74) is 2.54. The lowest BCUT2D eigenvalue weighted by Crippen LogP contribution is -2.41. The molecule has 0 N–H and O–H groups in total. The van der Waals surface area contributed by atoms with Gasteiger partial charge < -0.3 is 19.1 Å². The summed E-state index contributed by atoms with van der Waals surface area (Å²) in [7, 11) is 3.47. The van der Waals surface area contributed by atoms with E-state index in [0.29, 0.717) is 6.54 Å². The summed E-state index contributed by atoms with van der Waals surface area (Å²) < 4.78 is 12.3. The first kappa shape index (κ1) is 17.5. The van der Waals surface area contributed by atoms with Crippen molar-refractivity contribution in [3.63, 3.8) is 0 Å². The number of hydrogen-bond acceptors (Lipinski definition) is 4. The molecule has 2 aliphatic rings. The van der Waals surface area contributed by atoms with E-state index in [2.05, 4.69) is 33.8 Å². The highest BCUT2D eigenvalue weighted by atomic mass is 16.7. The minimum Gasteiger partial charge on any atom is -0.399 e. The molecule has 130 valence electrons. The number of carbonyl (C=O) groups is 1. The fourth-order valence-corrected chi connectivity index (χ4v) is 3.16. The van der Waals surface area contributed by atoms with Gasteiger partial charge in [0.25, 0.3) is 0 Å². The minimum absolute atomic E-state index is 0.141. The Balaban J connectivity index is 1.81. The number of likely N-dealkylation sites (N-methyl/N-ethyl adjacent to an activating group) is 1. The highest BCUT2D eigenvalue weighted by molar-refractivity contribution is 6.62. The maximum atomic E-state index is 12.4.